The second-order valence-electron chi connectivity index (χ2n) is 6.82. The van der Waals surface area contributed by atoms with Gasteiger partial charge in [-0.25, -0.2) is 0 Å². The first kappa shape index (κ1) is 16.4. The van der Waals surface area contributed by atoms with Crippen LogP contribution in [0.25, 0.3) is 21.8 Å². The van der Waals surface area contributed by atoms with E-state index in [0.717, 1.165) is 23.4 Å². The molecule has 1 N–H and O–H groups in total. The average Bonchev–Trinajstić information content (AvgIpc) is 2.94. The Morgan fingerprint density at radius 3 is 2.31 bits per heavy atom. The van der Waals surface area contributed by atoms with Gasteiger partial charge in [0.2, 0.25) is 0 Å². The Hall–Kier alpha value is -3.07. The number of fused-ring (bicyclic) bond motifs is 3. The minimum atomic E-state index is -0.0737. The molecule has 4 rings (SSSR count). The molecule has 1 aromatic heterocycles. The minimum Gasteiger partial charge on any atom is -0.341 e. The van der Waals surface area contributed by atoms with Gasteiger partial charge < -0.3 is 9.88 Å². The molecule has 1 heterocycles. The van der Waals surface area contributed by atoms with Crippen molar-refractivity contribution < 1.29 is 4.79 Å². The topological polar surface area (TPSA) is 34.0 Å². The van der Waals surface area contributed by atoms with Gasteiger partial charge >= 0.3 is 0 Å². The molecule has 3 heteroatoms. The van der Waals surface area contributed by atoms with E-state index >= 15 is 0 Å². The Balaban J connectivity index is 1.76. The van der Waals surface area contributed by atoms with Crippen LogP contribution in [0.4, 0.5) is 5.69 Å². The molecule has 0 bridgehead atoms. The van der Waals surface area contributed by atoms with E-state index in [4.69, 9.17) is 0 Å². The maximum atomic E-state index is 12.7. The quantitative estimate of drug-likeness (QED) is 0.510. The van der Waals surface area contributed by atoms with Crippen LogP contribution < -0.4 is 5.32 Å². The number of anilines is 1. The van der Waals surface area contributed by atoms with Gasteiger partial charge in [0.25, 0.3) is 5.91 Å². The number of carbonyl (C=O) groups is 1. The maximum Gasteiger partial charge on any atom is 0.255 e. The van der Waals surface area contributed by atoms with Crippen molar-refractivity contribution in [2.75, 3.05) is 5.32 Å². The molecule has 0 unspecified atom stereocenters. The Bertz CT molecular complexity index is 1120. The lowest BCUT2D eigenvalue weighted by atomic mass is 10.1. The van der Waals surface area contributed by atoms with Crippen LogP contribution in [0.15, 0.2) is 60.7 Å². The van der Waals surface area contributed by atoms with Crippen molar-refractivity contribution in [2.45, 2.75) is 27.3 Å². The predicted octanol–water partition coefficient (Wildman–Crippen LogP) is 5.68. The zero-order valence-electron chi connectivity index (χ0n) is 15.3. The number of aromatic nitrogens is 1. The summed E-state index contributed by atoms with van der Waals surface area (Å²) >= 11 is 0. The normalized spacial score (nSPS) is 11.2. The molecule has 3 aromatic carbocycles. The summed E-state index contributed by atoms with van der Waals surface area (Å²) in [7, 11) is 0. The van der Waals surface area contributed by atoms with Crippen LogP contribution >= 0.6 is 0 Å². The van der Waals surface area contributed by atoms with Gasteiger partial charge in [-0.15, -0.1) is 0 Å². The van der Waals surface area contributed by atoms with Crippen LogP contribution in [0.1, 0.15) is 28.4 Å². The number of rotatable bonds is 3. The molecule has 0 aliphatic heterocycles. The number of amides is 1. The van der Waals surface area contributed by atoms with Crippen LogP contribution in [0.3, 0.4) is 0 Å². The van der Waals surface area contributed by atoms with Gasteiger partial charge in [-0.05, 0) is 57.2 Å². The highest BCUT2D eigenvalue weighted by Crippen LogP contribution is 2.31. The number of hydrogen-bond donors (Lipinski definition) is 1. The number of hydrogen-bond acceptors (Lipinski definition) is 1. The van der Waals surface area contributed by atoms with Crippen LogP contribution in [-0.4, -0.2) is 10.5 Å². The Labute approximate surface area is 153 Å². The minimum absolute atomic E-state index is 0.0737. The highest BCUT2D eigenvalue weighted by molar-refractivity contribution is 6.11. The molecule has 4 aromatic rings. The Morgan fingerprint density at radius 2 is 1.58 bits per heavy atom. The fourth-order valence-corrected chi connectivity index (χ4v) is 3.78. The molecule has 130 valence electrons. The van der Waals surface area contributed by atoms with E-state index in [1.807, 2.05) is 32.0 Å². The molecular weight excluding hydrogens is 320 g/mol. The molecule has 0 aliphatic carbocycles. The van der Waals surface area contributed by atoms with Crippen molar-refractivity contribution in [3.05, 3.63) is 77.4 Å². The molecule has 26 heavy (non-hydrogen) atoms. The molecule has 3 nitrogen and oxygen atoms in total. The summed E-state index contributed by atoms with van der Waals surface area (Å²) < 4.78 is 2.31. The summed E-state index contributed by atoms with van der Waals surface area (Å²) in [4.78, 5) is 12.7. The van der Waals surface area contributed by atoms with Crippen molar-refractivity contribution in [3.63, 3.8) is 0 Å². The zero-order valence-corrected chi connectivity index (χ0v) is 15.3. The van der Waals surface area contributed by atoms with E-state index < -0.39 is 0 Å². The molecule has 0 saturated carbocycles. The summed E-state index contributed by atoms with van der Waals surface area (Å²) in [6, 6.07) is 20.5. The van der Waals surface area contributed by atoms with E-state index in [-0.39, 0.29) is 5.91 Å². The van der Waals surface area contributed by atoms with E-state index in [1.165, 1.54) is 21.8 Å². The number of carbonyl (C=O) groups excluding carboxylic acids is 1. The molecule has 0 fully saturated rings. The number of aryl methyl sites for hydroxylation is 3. The van der Waals surface area contributed by atoms with Crippen LogP contribution in [0.5, 0.6) is 0 Å². The van der Waals surface area contributed by atoms with E-state index in [1.54, 1.807) is 0 Å². The molecule has 0 radical (unpaired) electrons. The van der Waals surface area contributed by atoms with Crippen molar-refractivity contribution in [2.24, 2.45) is 0 Å². The third kappa shape index (κ3) is 2.76. The molecular formula is C23H22N2O. The average molecular weight is 342 g/mol. The predicted molar refractivity (Wildman–Crippen MR) is 109 cm³/mol. The third-order valence-corrected chi connectivity index (χ3v) is 4.83. The summed E-state index contributed by atoms with van der Waals surface area (Å²) in [6.45, 7) is 7.09. The van der Waals surface area contributed by atoms with Gasteiger partial charge in [-0.1, -0.05) is 35.4 Å². The maximum absolute atomic E-state index is 12.7. The number of nitrogens with one attached hydrogen (secondary N) is 1. The number of para-hydroxylation sites is 1. The van der Waals surface area contributed by atoms with Crippen LogP contribution in [-0.2, 0) is 6.54 Å². The SMILES string of the molecule is CCn1c2ccccc2c2cc(NC(=O)c3cc(C)cc(C)c3)ccc21. The molecule has 0 aliphatic rings. The van der Waals surface area contributed by atoms with Crippen molar-refractivity contribution in [1.82, 2.24) is 4.57 Å². The second kappa shape index (κ2) is 6.34. The third-order valence-electron chi connectivity index (χ3n) is 4.83. The lowest BCUT2D eigenvalue weighted by Gasteiger charge is -2.08. The van der Waals surface area contributed by atoms with Gasteiger partial charge in [-0.2, -0.15) is 0 Å². The van der Waals surface area contributed by atoms with Crippen LogP contribution in [0.2, 0.25) is 0 Å². The lowest BCUT2D eigenvalue weighted by molar-refractivity contribution is 0.102. The van der Waals surface area contributed by atoms with Gasteiger partial charge in [0, 0.05) is 39.6 Å². The first-order chi connectivity index (χ1) is 12.6. The van der Waals surface area contributed by atoms with Gasteiger partial charge in [0.15, 0.2) is 0 Å². The molecule has 0 spiro atoms. The Kier molecular flexibility index (Phi) is 4.00. The smallest absolute Gasteiger partial charge is 0.255 e. The fourth-order valence-electron chi connectivity index (χ4n) is 3.78. The fraction of sp³-hybridized carbons (Fsp3) is 0.174. The lowest BCUT2D eigenvalue weighted by Crippen LogP contribution is -2.12. The largest absolute Gasteiger partial charge is 0.341 e. The summed E-state index contributed by atoms with van der Waals surface area (Å²) in [5, 5.41) is 5.43. The van der Waals surface area contributed by atoms with Crippen molar-refractivity contribution in [1.29, 1.82) is 0 Å². The van der Waals surface area contributed by atoms with E-state index in [2.05, 4.69) is 59.3 Å². The number of nitrogens with zero attached hydrogens (tertiary/aromatic N) is 1. The van der Waals surface area contributed by atoms with Crippen LogP contribution in [0, 0.1) is 13.8 Å². The first-order valence-electron chi connectivity index (χ1n) is 8.97. The van der Waals surface area contributed by atoms with Crippen molar-refractivity contribution >= 4 is 33.4 Å². The highest BCUT2D eigenvalue weighted by atomic mass is 16.1. The van der Waals surface area contributed by atoms with E-state index in [9.17, 15) is 4.79 Å². The molecule has 0 atom stereocenters. The Morgan fingerprint density at radius 1 is 0.885 bits per heavy atom. The molecule has 1 amide bonds. The summed E-state index contributed by atoms with van der Waals surface area (Å²) in [6.07, 6.45) is 0. The number of benzene rings is 3. The second-order valence-corrected chi connectivity index (χ2v) is 6.82. The first-order valence-corrected chi connectivity index (χ1v) is 8.97. The summed E-state index contributed by atoms with van der Waals surface area (Å²) in [5.41, 5.74) is 6.12. The van der Waals surface area contributed by atoms with Gasteiger partial charge in [0.05, 0.1) is 0 Å². The zero-order chi connectivity index (χ0) is 18.3. The monoisotopic (exact) mass is 342 g/mol. The van der Waals surface area contributed by atoms with Gasteiger partial charge in [0.1, 0.15) is 0 Å². The summed E-state index contributed by atoms with van der Waals surface area (Å²) in [5.74, 6) is -0.0737. The van der Waals surface area contributed by atoms with Gasteiger partial charge in [-0.3, -0.25) is 4.79 Å². The highest BCUT2D eigenvalue weighted by Gasteiger charge is 2.12. The standard InChI is InChI=1S/C23H22N2O/c1-4-25-21-8-6-5-7-19(21)20-14-18(9-10-22(20)25)24-23(26)17-12-15(2)11-16(3)13-17/h5-14H,4H2,1-3H3,(H,24,26). The van der Waals surface area contributed by atoms with E-state index in [0.29, 0.717) is 5.56 Å². The molecule has 0 saturated heterocycles. The van der Waals surface area contributed by atoms with Crippen molar-refractivity contribution in [3.8, 4) is 0 Å².